The number of rotatable bonds is 5. The second kappa shape index (κ2) is 6.86. The van der Waals surface area contributed by atoms with Gasteiger partial charge >= 0.3 is 5.97 Å². The quantitative estimate of drug-likeness (QED) is 0.693. The van der Waals surface area contributed by atoms with Gasteiger partial charge in [0.25, 0.3) is 0 Å². The van der Waals surface area contributed by atoms with Gasteiger partial charge in [0.1, 0.15) is 6.04 Å². The van der Waals surface area contributed by atoms with Crippen LogP contribution in [0.4, 0.5) is 0 Å². The van der Waals surface area contributed by atoms with Gasteiger partial charge in [0, 0.05) is 0 Å². The standard InChI is InChI=1S/C12H23NO3/c1-3-11(12(15)16-2)13-8-9-4-6-10(14)7-5-9/h9-11,13-14H,3-8H2,1-2H3. The van der Waals surface area contributed by atoms with Crippen molar-refractivity contribution >= 4 is 5.97 Å². The van der Waals surface area contributed by atoms with E-state index >= 15 is 0 Å². The Labute approximate surface area is 97.4 Å². The van der Waals surface area contributed by atoms with E-state index in [1.165, 1.54) is 7.11 Å². The van der Waals surface area contributed by atoms with Crippen LogP contribution in [0.1, 0.15) is 39.0 Å². The topological polar surface area (TPSA) is 58.6 Å². The summed E-state index contributed by atoms with van der Waals surface area (Å²) in [7, 11) is 1.42. The Bertz CT molecular complexity index is 212. The molecule has 1 saturated carbocycles. The highest BCUT2D eigenvalue weighted by Gasteiger charge is 2.22. The molecule has 0 spiro atoms. The van der Waals surface area contributed by atoms with E-state index in [2.05, 4.69) is 5.32 Å². The largest absolute Gasteiger partial charge is 0.468 e. The van der Waals surface area contributed by atoms with Gasteiger partial charge in [-0.2, -0.15) is 0 Å². The summed E-state index contributed by atoms with van der Waals surface area (Å²) in [6.45, 7) is 2.82. The molecule has 0 aromatic carbocycles. The first kappa shape index (κ1) is 13.5. The van der Waals surface area contributed by atoms with Crippen LogP contribution in [0.5, 0.6) is 0 Å². The zero-order valence-corrected chi connectivity index (χ0v) is 10.2. The van der Waals surface area contributed by atoms with E-state index in [1.807, 2.05) is 6.92 Å². The lowest BCUT2D eigenvalue weighted by molar-refractivity contribution is -0.143. The van der Waals surface area contributed by atoms with E-state index in [4.69, 9.17) is 4.74 Å². The fourth-order valence-corrected chi connectivity index (χ4v) is 2.19. The molecule has 1 aliphatic carbocycles. The van der Waals surface area contributed by atoms with Gasteiger partial charge in [-0.15, -0.1) is 0 Å². The molecule has 4 heteroatoms. The SMILES string of the molecule is CCC(NCC1CCC(O)CC1)C(=O)OC. The lowest BCUT2D eigenvalue weighted by atomic mass is 9.87. The van der Waals surface area contributed by atoms with E-state index in [9.17, 15) is 9.90 Å². The molecule has 0 saturated heterocycles. The summed E-state index contributed by atoms with van der Waals surface area (Å²) in [5, 5.41) is 12.6. The highest BCUT2D eigenvalue weighted by atomic mass is 16.5. The first-order valence-electron chi connectivity index (χ1n) is 6.16. The average molecular weight is 229 g/mol. The van der Waals surface area contributed by atoms with Gasteiger partial charge in [0.2, 0.25) is 0 Å². The Morgan fingerprint density at radius 3 is 2.56 bits per heavy atom. The van der Waals surface area contributed by atoms with E-state index in [0.717, 1.165) is 38.6 Å². The molecular formula is C12H23NO3. The van der Waals surface area contributed by atoms with Gasteiger partial charge in [0.15, 0.2) is 0 Å². The number of nitrogens with one attached hydrogen (secondary N) is 1. The summed E-state index contributed by atoms with van der Waals surface area (Å²) >= 11 is 0. The number of aliphatic hydroxyl groups excluding tert-OH is 1. The number of ether oxygens (including phenoxy) is 1. The van der Waals surface area contributed by atoms with E-state index < -0.39 is 0 Å². The van der Waals surface area contributed by atoms with Gasteiger partial charge in [-0.05, 0) is 44.6 Å². The number of esters is 1. The minimum atomic E-state index is -0.183. The first-order valence-corrected chi connectivity index (χ1v) is 6.16. The molecule has 1 fully saturated rings. The highest BCUT2D eigenvalue weighted by molar-refractivity contribution is 5.75. The Hall–Kier alpha value is -0.610. The van der Waals surface area contributed by atoms with Crippen LogP contribution in [-0.4, -0.2) is 36.9 Å². The summed E-state index contributed by atoms with van der Waals surface area (Å²) in [6, 6.07) is -0.183. The smallest absolute Gasteiger partial charge is 0.322 e. The fourth-order valence-electron chi connectivity index (χ4n) is 2.19. The second-order valence-electron chi connectivity index (χ2n) is 4.57. The van der Waals surface area contributed by atoms with Crippen molar-refractivity contribution in [3.63, 3.8) is 0 Å². The minimum absolute atomic E-state index is 0.112. The average Bonchev–Trinajstić information content (AvgIpc) is 2.31. The van der Waals surface area contributed by atoms with Crippen LogP contribution in [0.15, 0.2) is 0 Å². The zero-order chi connectivity index (χ0) is 12.0. The molecule has 4 nitrogen and oxygen atoms in total. The summed E-state index contributed by atoms with van der Waals surface area (Å²) in [5.41, 5.74) is 0. The second-order valence-corrected chi connectivity index (χ2v) is 4.57. The Balaban J connectivity index is 2.24. The predicted octanol–water partition coefficient (Wildman–Crippen LogP) is 1.08. The third kappa shape index (κ3) is 4.10. The number of carbonyl (C=O) groups excluding carboxylic acids is 1. The molecule has 0 heterocycles. The molecule has 0 aromatic rings. The van der Waals surface area contributed by atoms with Gasteiger partial charge in [-0.25, -0.2) is 0 Å². The summed E-state index contributed by atoms with van der Waals surface area (Å²) in [5.74, 6) is 0.403. The van der Waals surface area contributed by atoms with Crippen molar-refractivity contribution in [2.45, 2.75) is 51.2 Å². The number of hydrogen-bond acceptors (Lipinski definition) is 4. The normalized spacial score (nSPS) is 27.4. The maximum Gasteiger partial charge on any atom is 0.322 e. The monoisotopic (exact) mass is 229 g/mol. The zero-order valence-electron chi connectivity index (χ0n) is 10.2. The molecular weight excluding hydrogens is 206 g/mol. The van der Waals surface area contributed by atoms with Crippen LogP contribution in [-0.2, 0) is 9.53 Å². The molecule has 0 bridgehead atoms. The van der Waals surface area contributed by atoms with Crippen molar-refractivity contribution in [3.8, 4) is 0 Å². The lowest BCUT2D eigenvalue weighted by Gasteiger charge is -2.26. The third-order valence-electron chi connectivity index (χ3n) is 3.36. The van der Waals surface area contributed by atoms with Crippen molar-refractivity contribution in [1.29, 1.82) is 0 Å². The van der Waals surface area contributed by atoms with Crippen LogP contribution < -0.4 is 5.32 Å². The summed E-state index contributed by atoms with van der Waals surface area (Å²) in [4.78, 5) is 11.3. The molecule has 1 aliphatic rings. The number of hydrogen-bond donors (Lipinski definition) is 2. The molecule has 0 aromatic heterocycles. The highest BCUT2D eigenvalue weighted by Crippen LogP contribution is 2.23. The first-order chi connectivity index (χ1) is 7.67. The predicted molar refractivity (Wildman–Crippen MR) is 62.1 cm³/mol. The van der Waals surface area contributed by atoms with E-state index in [-0.39, 0.29) is 18.1 Å². The van der Waals surface area contributed by atoms with Crippen molar-refractivity contribution in [1.82, 2.24) is 5.32 Å². The van der Waals surface area contributed by atoms with Crippen molar-refractivity contribution in [2.24, 2.45) is 5.92 Å². The molecule has 0 amide bonds. The molecule has 16 heavy (non-hydrogen) atoms. The van der Waals surface area contributed by atoms with Crippen molar-refractivity contribution < 1.29 is 14.6 Å². The van der Waals surface area contributed by atoms with Gasteiger partial charge in [-0.1, -0.05) is 6.92 Å². The lowest BCUT2D eigenvalue weighted by Crippen LogP contribution is -2.40. The Morgan fingerprint density at radius 2 is 2.06 bits per heavy atom. The van der Waals surface area contributed by atoms with E-state index in [1.54, 1.807) is 0 Å². The molecule has 1 rings (SSSR count). The number of aliphatic hydroxyl groups is 1. The van der Waals surface area contributed by atoms with Crippen LogP contribution in [0.3, 0.4) is 0 Å². The summed E-state index contributed by atoms with van der Waals surface area (Å²) in [6.07, 6.45) is 4.52. The van der Waals surface area contributed by atoms with Gasteiger partial charge < -0.3 is 15.2 Å². The minimum Gasteiger partial charge on any atom is -0.468 e. The van der Waals surface area contributed by atoms with Crippen LogP contribution in [0, 0.1) is 5.92 Å². The molecule has 0 radical (unpaired) electrons. The summed E-state index contributed by atoms with van der Waals surface area (Å²) < 4.78 is 4.72. The van der Waals surface area contributed by atoms with Crippen LogP contribution in [0.2, 0.25) is 0 Å². The Morgan fingerprint density at radius 1 is 1.44 bits per heavy atom. The van der Waals surface area contributed by atoms with Crippen molar-refractivity contribution in [3.05, 3.63) is 0 Å². The molecule has 2 N–H and O–H groups in total. The van der Waals surface area contributed by atoms with Crippen molar-refractivity contribution in [2.75, 3.05) is 13.7 Å². The van der Waals surface area contributed by atoms with E-state index in [0.29, 0.717) is 5.92 Å². The molecule has 1 unspecified atom stereocenters. The molecule has 1 atom stereocenters. The van der Waals surface area contributed by atoms with Crippen LogP contribution in [0.25, 0.3) is 0 Å². The fraction of sp³-hybridized carbons (Fsp3) is 0.917. The third-order valence-corrected chi connectivity index (χ3v) is 3.36. The van der Waals surface area contributed by atoms with Gasteiger partial charge in [-0.3, -0.25) is 4.79 Å². The van der Waals surface area contributed by atoms with Gasteiger partial charge in [0.05, 0.1) is 13.2 Å². The molecule has 0 aliphatic heterocycles. The maximum atomic E-state index is 11.3. The maximum absolute atomic E-state index is 11.3. The Kier molecular flexibility index (Phi) is 5.77. The van der Waals surface area contributed by atoms with Crippen LogP contribution >= 0.6 is 0 Å². The molecule has 94 valence electrons. The number of methoxy groups -OCH3 is 1. The number of carbonyl (C=O) groups is 1.